The molecule has 0 aromatic rings. The summed E-state index contributed by atoms with van der Waals surface area (Å²) in [5.74, 6) is -13.7. The third-order valence-electron chi connectivity index (χ3n) is 26.6. The summed E-state index contributed by atoms with van der Waals surface area (Å²) in [4.78, 5) is 26.1. The maximum atomic E-state index is 13.1. The van der Waals surface area contributed by atoms with Crippen molar-refractivity contribution in [3.05, 3.63) is 0 Å². The van der Waals surface area contributed by atoms with Crippen molar-refractivity contribution in [2.75, 3.05) is 72.7 Å². The Morgan fingerprint density at radius 2 is 0.590 bits per heavy atom. The van der Waals surface area contributed by atoms with Crippen molar-refractivity contribution in [1.82, 2.24) is 0 Å². The molecular formula is C76H132N4O54. The van der Waals surface area contributed by atoms with Crippen LogP contribution in [0, 0.1) is 23.7 Å². The highest BCUT2D eigenvalue weighted by Gasteiger charge is 2.63. The van der Waals surface area contributed by atoms with Crippen LogP contribution in [-0.4, -0.2) is 567 Å². The summed E-state index contributed by atoms with van der Waals surface area (Å²) >= 11 is 0. The molecule has 780 valence electrons. The molecule has 57 atom stereocenters. The van der Waals surface area contributed by atoms with E-state index >= 15 is 0 Å². The molecule has 0 aromatic carbocycles. The molecule has 58 heteroatoms. The fraction of sp³-hybridized carbons (Fsp3) is 0.974. The van der Waals surface area contributed by atoms with Gasteiger partial charge in [0.15, 0.2) is 56.6 Å². The van der Waals surface area contributed by atoms with E-state index in [1.807, 2.05) is 0 Å². The van der Waals surface area contributed by atoms with Gasteiger partial charge in [0.05, 0.1) is 121 Å². The molecule has 11 aliphatic rings. The second-order valence-corrected chi connectivity index (χ2v) is 35.5. The predicted molar refractivity (Wildman–Crippen MR) is 416 cm³/mol. The molecule has 134 heavy (non-hydrogen) atoms. The quantitative estimate of drug-likeness (QED) is 0.0275. The standard InChI is InChI=1S/C76H132N4O54/c1-18-37(93)55(28(11-85)117-64(18)111)126-65-19(2)38(94)58(31(14-88)120-65)129-70-54(110)61(130-72-63(51(107)44(100)27(10-84)119-72)132-67-21(4)40(96)57(30(13-87)122-67)128-69-53(109)49(105)46(102)34(125-69)17-116-76(74(80)113)6-23(90)36(78)60(134-76)42(98)25(92)8-82)47(103)32(123-70)15-114-71-62(50(106)43(99)26(9-83)118-71)131-66-20(3)39(95)56(29(12-86)121-66)127-68-52(108)48(104)45(101)33(124-68)16-115-75(73(79)112)5-22(89)35(77)59(133-75)41(97)24(91)7-81/h18-72,81-111H,5-17,77-78H2,1-4H3,(H2,79,112)(H2,80,113)/t18-,19-,20?,21-,22+,23+,24?,25?,26?,27+,28?,29-,30?,31?,32?,33?,34?,35+,36+,37?,38?,39?,40?,41+,42+,43+,44+,45-,46-,47+,48?,49?,50?,51?,52-,53-,54+,55+,56+,57+,58+,59?,60?,61?,62+,63?,64+,65-,66-,67-,68-,69-,70-,71-,72+,75+,76+/m0/s1. The van der Waals surface area contributed by atoms with Crippen LogP contribution in [0.1, 0.15) is 40.5 Å². The van der Waals surface area contributed by atoms with Crippen molar-refractivity contribution in [3.8, 4) is 0 Å². The third kappa shape index (κ3) is 23.1. The van der Waals surface area contributed by atoms with Gasteiger partial charge in [0.1, 0.15) is 208 Å². The van der Waals surface area contributed by atoms with Gasteiger partial charge in [-0.15, -0.1) is 0 Å². The number of rotatable bonds is 37. The van der Waals surface area contributed by atoms with Crippen molar-refractivity contribution < 1.29 is 267 Å². The van der Waals surface area contributed by atoms with E-state index in [-0.39, 0.29) is 0 Å². The predicted octanol–water partition coefficient (Wildman–Crippen LogP) is -22.7. The van der Waals surface area contributed by atoms with Crippen LogP contribution in [0.3, 0.4) is 0 Å². The van der Waals surface area contributed by atoms with Crippen LogP contribution in [0.15, 0.2) is 0 Å². The van der Waals surface area contributed by atoms with E-state index in [9.17, 15) is 168 Å². The molecule has 11 fully saturated rings. The molecule has 2 amide bonds. The summed E-state index contributed by atoms with van der Waals surface area (Å²) in [7, 11) is 0. The lowest BCUT2D eigenvalue weighted by Crippen LogP contribution is -2.68. The molecule has 0 spiro atoms. The zero-order valence-corrected chi connectivity index (χ0v) is 72.5. The molecule has 39 N–H and O–H groups in total. The molecule has 0 radical (unpaired) electrons. The molecule has 11 aliphatic heterocycles. The number of carbonyl (C=O) groups excluding carboxylic acids is 2. The van der Waals surface area contributed by atoms with Crippen LogP contribution in [0.5, 0.6) is 0 Å². The number of hydrogen-bond acceptors (Lipinski definition) is 56. The van der Waals surface area contributed by atoms with Crippen LogP contribution in [-0.2, 0) is 109 Å². The number of nitrogens with two attached hydrogens (primary N) is 4. The monoisotopic (exact) mass is 1960 g/mol. The van der Waals surface area contributed by atoms with E-state index in [1.54, 1.807) is 0 Å². The summed E-state index contributed by atoms with van der Waals surface area (Å²) < 4.78 is 125. The van der Waals surface area contributed by atoms with E-state index in [0.717, 1.165) is 0 Å². The topological polar surface area (TPSA) is 959 Å². The minimum absolute atomic E-state index is 0.820. The molecule has 0 bridgehead atoms. The zero-order valence-electron chi connectivity index (χ0n) is 72.5. The van der Waals surface area contributed by atoms with Crippen molar-refractivity contribution in [3.63, 3.8) is 0 Å². The lowest BCUT2D eigenvalue weighted by Gasteiger charge is -2.51. The summed E-state index contributed by atoms with van der Waals surface area (Å²) in [6.07, 6.45) is -99.5. The Balaban J connectivity index is 0.829. The SMILES string of the molecule is CC1C(O)[C@H](O[C@@H]2OC(CO[C@]3(C(N)=O)C[C@@H](O)[C@@H](N)C([C@H](O)C(O)CO)O3)[C@H](O)C(O)[C@@H]2O)[C@H](CO)O[C@H]1O[C@@H]1C(O)[C@H](O)C(CO)O[C@@H]1OCC1O[C@@H](O[C@@H]2C(CO)O[C@@H](O[C@@H]3C(CO)O[C@@H](O)[C@@H](C)C3O)[C@@H](C)C2O)[C@H](O)C(O[C@H]2O[C@H](CO)[C@@H](O)C(O)C2O[C@@H]2OC(CO)[C@@H](O[C@@H]3OC(CO[C@]4(C(N)=O)C[C@@H](O)[C@@H](N)C([C@H](O)C(O)CO)O4)[C@H](O)C(O)[C@@H]3O)C(O)[C@@H]2C)[C@@H]1O. The highest BCUT2D eigenvalue weighted by atomic mass is 16.8. The number of ether oxygens (including phenoxy) is 21. The van der Waals surface area contributed by atoms with Crippen molar-refractivity contribution in [1.29, 1.82) is 0 Å². The Hall–Kier alpha value is -3.22. The molecule has 0 aliphatic carbocycles. The number of aliphatic hydroxyl groups excluding tert-OH is 31. The van der Waals surface area contributed by atoms with Gasteiger partial charge in [0, 0.05) is 36.5 Å². The maximum absolute atomic E-state index is 13.1. The van der Waals surface area contributed by atoms with Gasteiger partial charge in [-0.25, -0.2) is 0 Å². The van der Waals surface area contributed by atoms with Crippen LogP contribution in [0.2, 0.25) is 0 Å². The first kappa shape index (κ1) is 111. The molecular weight excluding hydrogens is 1830 g/mol. The summed E-state index contributed by atoms with van der Waals surface area (Å²) in [6, 6.07) is -3.07. The van der Waals surface area contributed by atoms with Crippen LogP contribution < -0.4 is 22.9 Å². The second-order valence-electron chi connectivity index (χ2n) is 35.5. The first-order chi connectivity index (χ1) is 63.2. The highest BCUT2D eigenvalue weighted by Crippen LogP contribution is 2.44. The third-order valence-corrected chi connectivity index (χ3v) is 26.6. The average molecular weight is 1970 g/mol. The van der Waals surface area contributed by atoms with Gasteiger partial charge in [0.25, 0.3) is 23.4 Å². The smallest absolute Gasteiger partial charge is 0.277 e. The van der Waals surface area contributed by atoms with Gasteiger partial charge < -0.3 is 281 Å². The molecule has 11 saturated heterocycles. The number of primary amides is 2. The Bertz CT molecular complexity index is 3620. The number of aliphatic hydroxyl groups is 31. The minimum atomic E-state index is -2.75. The lowest BCUT2D eigenvalue weighted by atomic mass is 9.89. The van der Waals surface area contributed by atoms with Gasteiger partial charge in [-0.05, 0) is 0 Å². The molecule has 0 aromatic heterocycles. The maximum Gasteiger partial charge on any atom is 0.277 e. The van der Waals surface area contributed by atoms with Crippen LogP contribution in [0.4, 0.5) is 0 Å². The molecule has 11 heterocycles. The van der Waals surface area contributed by atoms with Gasteiger partial charge in [-0.1, -0.05) is 27.7 Å². The first-order valence-corrected chi connectivity index (χ1v) is 43.5. The van der Waals surface area contributed by atoms with Crippen LogP contribution in [0.25, 0.3) is 0 Å². The Labute approximate surface area is 761 Å². The van der Waals surface area contributed by atoms with Crippen molar-refractivity contribution in [2.45, 2.75) is 365 Å². The number of amides is 2. The Morgan fingerprint density at radius 1 is 0.306 bits per heavy atom. The van der Waals surface area contributed by atoms with Gasteiger partial charge >= 0.3 is 0 Å². The largest absolute Gasteiger partial charge is 0.394 e. The highest BCUT2D eigenvalue weighted by molar-refractivity contribution is 5.82. The van der Waals surface area contributed by atoms with E-state index in [0.29, 0.717) is 0 Å². The normalized spacial score (nSPS) is 50.9. The molecule has 22 unspecified atom stereocenters. The fourth-order valence-electron chi connectivity index (χ4n) is 17.8. The van der Waals surface area contributed by atoms with E-state index in [2.05, 4.69) is 0 Å². The average Bonchev–Trinajstić information content (AvgIpc) is 0.770. The number of carbonyl (C=O) groups is 2. The second kappa shape index (κ2) is 47.1. The Morgan fingerprint density at radius 3 is 0.940 bits per heavy atom. The molecule has 0 saturated carbocycles. The molecule has 11 rings (SSSR count). The number of hydrogen-bond donors (Lipinski definition) is 35. The van der Waals surface area contributed by atoms with E-state index in [1.165, 1.54) is 27.7 Å². The molecule has 58 nitrogen and oxygen atoms in total. The van der Waals surface area contributed by atoms with E-state index < -0.39 is 445 Å². The fourth-order valence-corrected chi connectivity index (χ4v) is 17.8. The van der Waals surface area contributed by atoms with Gasteiger partial charge in [-0.3, -0.25) is 9.59 Å². The van der Waals surface area contributed by atoms with Crippen molar-refractivity contribution in [2.24, 2.45) is 46.6 Å². The first-order valence-electron chi connectivity index (χ1n) is 43.5. The Kier molecular flexibility index (Phi) is 39.1. The zero-order chi connectivity index (χ0) is 99.0. The summed E-state index contributed by atoms with van der Waals surface area (Å²) in [6.45, 7) is -6.55. The van der Waals surface area contributed by atoms with Gasteiger partial charge in [-0.2, -0.15) is 0 Å². The summed E-state index contributed by atoms with van der Waals surface area (Å²) in [5.41, 5.74) is 23.3. The van der Waals surface area contributed by atoms with E-state index in [4.69, 9.17) is 122 Å². The van der Waals surface area contributed by atoms with Gasteiger partial charge in [0.2, 0.25) is 0 Å². The lowest BCUT2D eigenvalue weighted by molar-refractivity contribution is -0.403. The van der Waals surface area contributed by atoms with Crippen molar-refractivity contribution >= 4 is 11.8 Å². The summed E-state index contributed by atoms with van der Waals surface area (Å²) in [5, 5.41) is 344. The van der Waals surface area contributed by atoms with Crippen LogP contribution >= 0.6 is 0 Å². The minimum Gasteiger partial charge on any atom is -0.394 e.